The molecular formula is C14H18N2O3. The zero-order valence-corrected chi connectivity index (χ0v) is 11.3. The van der Waals surface area contributed by atoms with Gasteiger partial charge in [0.25, 0.3) is 0 Å². The number of para-hydroxylation sites is 1. The summed E-state index contributed by atoms with van der Waals surface area (Å²) in [5, 5.41) is 14.8. The van der Waals surface area contributed by atoms with Gasteiger partial charge in [-0.05, 0) is 13.0 Å². The highest BCUT2D eigenvalue weighted by Gasteiger charge is 2.23. The molecule has 2 aromatic rings. The van der Waals surface area contributed by atoms with E-state index in [-0.39, 0.29) is 0 Å². The van der Waals surface area contributed by atoms with Crippen molar-refractivity contribution >= 4 is 0 Å². The normalized spacial score (nSPS) is 12.2. The van der Waals surface area contributed by atoms with E-state index < -0.39 is 6.10 Å². The second-order valence-corrected chi connectivity index (χ2v) is 4.06. The largest absolute Gasteiger partial charge is 0.496 e. The Balaban J connectivity index is 2.49. The van der Waals surface area contributed by atoms with Crippen LogP contribution in [-0.2, 0) is 6.54 Å². The second kappa shape index (κ2) is 5.75. The zero-order valence-electron chi connectivity index (χ0n) is 11.3. The summed E-state index contributed by atoms with van der Waals surface area (Å²) in [6.45, 7) is 2.62. The predicted octanol–water partition coefficient (Wildman–Crippen LogP) is 2.00. The highest BCUT2D eigenvalue weighted by atomic mass is 16.5. The Labute approximate surface area is 112 Å². The molecule has 0 aliphatic heterocycles. The lowest BCUT2D eigenvalue weighted by atomic mass is 10.0. The third kappa shape index (κ3) is 2.42. The van der Waals surface area contributed by atoms with Gasteiger partial charge in [-0.15, -0.1) is 0 Å². The number of aliphatic hydroxyl groups is 1. The average Bonchev–Trinajstić information content (AvgIpc) is 2.89. The third-order valence-corrected chi connectivity index (χ3v) is 3.06. The number of ether oxygens (including phenoxy) is 2. The van der Waals surface area contributed by atoms with Crippen LogP contribution in [0.5, 0.6) is 11.5 Å². The standard InChI is InChI=1S/C14H18N2O3/c1-4-16-13(12(19-3)9-15-16)14(17)10-7-5-6-8-11(10)18-2/h5-9,14,17H,4H2,1-3H3. The molecule has 0 bridgehead atoms. The van der Waals surface area contributed by atoms with Crippen LogP contribution in [-0.4, -0.2) is 29.1 Å². The van der Waals surface area contributed by atoms with Crippen molar-refractivity contribution in [3.63, 3.8) is 0 Å². The lowest BCUT2D eigenvalue weighted by Crippen LogP contribution is -2.11. The van der Waals surface area contributed by atoms with E-state index in [1.807, 2.05) is 31.2 Å². The predicted molar refractivity (Wildman–Crippen MR) is 71.5 cm³/mol. The number of aryl methyl sites for hydroxylation is 1. The molecule has 102 valence electrons. The molecule has 1 heterocycles. The summed E-state index contributed by atoms with van der Waals surface area (Å²) in [4.78, 5) is 0. The van der Waals surface area contributed by atoms with Crippen molar-refractivity contribution < 1.29 is 14.6 Å². The van der Waals surface area contributed by atoms with Crippen molar-refractivity contribution in [2.45, 2.75) is 19.6 Å². The van der Waals surface area contributed by atoms with Crippen LogP contribution in [0, 0.1) is 0 Å². The molecule has 5 nitrogen and oxygen atoms in total. The Morgan fingerprint density at radius 1 is 1.21 bits per heavy atom. The maximum Gasteiger partial charge on any atom is 0.163 e. The van der Waals surface area contributed by atoms with Gasteiger partial charge in [-0.3, -0.25) is 4.68 Å². The Kier molecular flexibility index (Phi) is 4.06. The molecule has 1 aromatic heterocycles. The molecule has 1 N–H and O–H groups in total. The van der Waals surface area contributed by atoms with Gasteiger partial charge in [0.15, 0.2) is 5.75 Å². The first-order chi connectivity index (χ1) is 9.22. The van der Waals surface area contributed by atoms with Gasteiger partial charge in [0, 0.05) is 12.1 Å². The molecule has 0 amide bonds. The Hall–Kier alpha value is -2.01. The van der Waals surface area contributed by atoms with Gasteiger partial charge in [-0.25, -0.2) is 0 Å². The third-order valence-electron chi connectivity index (χ3n) is 3.06. The van der Waals surface area contributed by atoms with Crippen molar-refractivity contribution in [3.8, 4) is 11.5 Å². The molecule has 1 unspecified atom stereocenters. The maximum absolute atomic E-state index is 10.6. The van der Waals surface area contributed by atoms with E-state index in [2.05, 4.69) is 5.10 Å². The number of hydrogen-bond acceptors (Lipinski definition) is 4. The van der Waals surface area contributed by atoms with Gasteiger partial charge in [0.1, 0.15) is 17.5 Å². The molecule has 0 aliphatic rings. The molecule has 5 heteroatoms. The summed E-state index contributed by atoms with van der Waals surface area (Å²) in [5.74, 6) is 1.21. The summed E-state index contributed by atoms with van der Waals surface area (Å²) in [7, 11) is 3.15. The first kappa shape index (κ1) is 13.4. The van der Waals surface area contributed by atoms with E-state index in [9.17, 15) is 5.11 Å². The number of aliphatic hydroxyl groups excluding tert-OH is 1. The van der Waals surface area contributed by atoms with E-state index in [1.165, 1.54) is 0 Å². The van der Waals surface area contributed by atoms with E-state index in [0.29, 0.717) is 29.3 Å². The molecular weight excluding hydrogens is 244 g/mol. The highest BCUT2D eigenvalue weighted by Crippen LogP contribution is 2.34. The van der Waals surface area contributed by atoms with Crippen LogP contribution in [0.15, 0.2) is 30.5 Å². The Morgan fingerprint density at radius 3 is 2.53 bits per heavy atom. The maximum atomic E-state index is 10.6. The molecule has 0 aliphatic carbocycles. The van der Waals surface area contributed by atoms with Crippen molar-refractivity contribution in [1.82, 2.24) is 9.78 Å². The van der Waals surface area contributed by atoms with Gasteiger partial charge in [-0.1, -0.05) is 18.2 Å². The topological polar surface area (TPSA) is 56.5 Å². The van der Waals surface area contributed by atoms with Gasteiger partial charge in [0.2, 0.25) is 0 Å². The molecule has 2 rings (SSSR count). The van der Waals surface area contributed by atoms with Gasteiger partial charge >= 0.3 is 0 Å². The van der Waals surface area contributed by atoms with Gasteiger partial charge in [0.05, 0.1) is 20.4 Å². The minimum atomic E-state index is -0.839. The van der Waals surface area contributed by atoms with Gasteiger partial charge < -0.3 is 14.6 Å². The van der Waals surface area contributed by atoms with Gasteiger partial charge in [-0.2, -0.15) is 5.10 Å². The number of hydrogen-bond donors (Lipinski definition) is 1. The first-order valence-corrected chi connectivity index (χ1v) is 6.13. The van der Waals surface area contributed by atoms with E-state index in [4.69, 9.17) is 9.47 Å². The summed E-state index contributed by atoms with van der Waals surface area (Å²) in [6, 6.07) is 7.37. The number of benzene rings is 1. The molecule has 0 radical (unpaired) electrons. The smallest absolute Gasteiger partial charge is 0.163 e. The number of methoxy groups -OCH3 is 2. The summed E-state index contributed by atoms with van der Waals surface area (Å²) >= 11 is 0. The van der Waals surface area contributed by atoms with Crippen LogP contribution in [0.3, 0.4) is 0 Å². The van der Waals surface area contributed by atoms with Crippen LogP contribution in [0.2, 0.25) is 0 Å². The van der Waals surface area contributed by atoms with Crippen LogP contribution in [0.1, 0.15) is 24.3 Å². The molecule has 19 heavy (non-hydrogen) atoms. The minimum Gasteiger partial charge on any atom is -0.496 e. The molecule has 0 saturated heterocycles. The summed E-state index contributed by atoms with van der Waals surface area (Å²) < 4.78 is 12.3. The van der Waals surface area contributed by atoms with E-state index >= 15 is 0 Å². The number of aromatic nitrogens is 2. The Morgan fingerprint density at radius 2 is 1.89 bits per heavy atom. The molecule has 1 atom stereocenters. The monoisotopic (exact) mass is 262 g/mol. The summed E-state index contributed by atoms with van der Waals surface area (Å²) in [6.07, 6.45) is 0.769. The second-order valence-electron chi connectivity index (χ2n) is 4.06. The molecule has 0 spiro atoms. The number of rotatable bonds is 5. The van der Waals surface area contributed by atoms with Crippen LogP contribution >= 0.6 is 0 Å². The fourth-order valence-electron chi connectivity index (χ4n) is 2.10. The van der Waals surface area contributed by atoms with E-state index in [1.54, 1.807) is 25.1 Å². The fraction of sp³-hybridized carbons (Fsp3) is 0.357. The molecule has 0 fully saturated rings. The number of nitrogens with zero attached hydrogens (tertiary/aromatic N) is 2. The Bertz CT molecular complexity index is 530. The lowest BCUT2D eigenvalue weighted by molar-refractivity contribution is 0.198. The average molecular weight is 262 g/mol. The molecule has 1 aromatic carbocycles. The van der Waals surface area contributed by atoms with Crippen molar-refractivity contribution in [2.24, 2.45) is 0 Å². The van der Waals surface area contributed by atoms with Crippen LogP contribution in [0.4, 0.5) is 0 Å². The van der Waals surface area contributed by atoms with Crippen molar-refractivity contribution in [3.05, 3.63) is 41.7 Å². The molecule has 0 saturated carbocycles. The first-order valence-electron chi connectivity index (χ1n) is 6.13. The minimum absolute atomic E-state index is 0.570. The van der Waals surface area contributed by atoms with E-state index in [0.717, 1.165) is 0 Å². The summed E-state index contributed by atoms with van der Waals surface area (Å²) in [5.41, 5.74) is 1.33. The lowest BCUT2D eigenvalue weighted by Gasteiger charge is -2.17. The van der Waals surface area contributed by atoms with Crippen molar-refractivity contribution in [1.29, 1.82) is 0 Å². The zero-order chi connectivity index (χ0) is 13.8. The quantitative estimate of drug-likeness (QED) is 0.895. The fourth-order valence-corrected chi connectivity index (χ4v) is 2.10. The highest BCUT2D eigenvalue weighted by molar-refractivity contribution is 5.42. The van der Waals surface area contributed by atoms with Crippen molar-refractivity contribution in [2.75, 3.05) is 14.2 Å². The van der Waals surface area contributed by atoms with Crippen LogP contribution in [0.25, 0.3) is 0 Å². The SMILES string of the molecule is CCn1ncc(OC)c1C(O)c1ccccc1OC. The van der Waals surface area contributed by atoms with Crippen LogP contribution < -0.4 is 9.47 Å².